The topological polar surface area (TPSA) is 171 Å². The summed E-state index contributed by atoms with van der Waals surface area (Å²) in [6.45, 7) is 0.527. The second-order valence-electron chi connectivity index (χ2n) is 9.08. The molecule has 0 bridgehead atoms. The number of likely N-dealkylation sites (tertiary alicyclic amines) is 1. The highest BCUT2D eigenvalue weighted by Gasteiger charge is 2.42. The number of hydrogen-bond acceptors (Lipinski definition) is 6. The summed E-state index contributed by atoms with van der Waals surface area (Å²) in [4.78, 5) is 29.2. The molecule has 38 heavy (non-hydrogen) atoms. The van der Waals surface area contributed by atoms with Crippen LogP contribution >= 0.6 is 11.3 Å². The number of nitrogen functional groups attached to an aromatic ring is 1. The summed E-state index contributed by atoms with van der Waals surface area (Å²) in [7, 11) is -4.27. The number of hydrogen-bond donors (Lipinski definition) is 5. The molecule has 1 aliphatic heterocycles. The maximum Gasteiger partial charge on any atom is 0.275 e. The van der Waals surface area contributed by atoms with E-state index in [1.807, 2.05) is 66.0 Å². The third-order valence-corrected chi connectivity index (χ3v) is 8.03. The minimum atomic E-state index is -4.27. The molecule has 2 amide bonds. The molecule has 0 saturated carbocycles. The van der Waals surface area contributed by atoms with Gasteiger partial charge in [-0.25, -0.2) is 5.14 Å². The summed E-state index contributed by atoms with van der Waals surface area (Å²) in [5.74, 6) is -1.58. The van der Waals surface area contributed by atoms with Crippen LogP contribution in [0.25, 0.3) is 0 Å². The van der Waals surface area contributed by atoms with E-state index in [0.29, 0.717) is 24.3 Å². The molecule has 2 atom stereocenters. The van der Waals surface area contributed by atoms with Crippen molar-refractivity contribution in [3.63, 3.8) is 0 Å². The number of benzene rings is 2. The van der Waals surface area contributed by atoms with Gasteiger partial charge in [0.25, 0.3) is 10.2 Å². The highest BCUT2D eigenvalue weighted by atomic mass is 32.2. The lowest BCUT2D eigenvalue weighted by Crippen LogP contribution is -2.56. The number of nitrogens with two attached hydrogens (primary N) is 2. The van der Waals surface area contributed by atoms with Gasteiger partial charge in [-0.2, -0.15) is 13.1 Å². The first-order valence-electron chi connectivity index (χ1n) is 12.0. The van der Waals surface area contributed by atoms with Gasteiger partial charge in [-0.15, -0.1) is 11.3 Å². The number of nitrogens with one attached hydrogen (secondary N) is 3. The number of nitrogens with zero attached hydrogens (tertiary/aromatic N) is 1. The van der Waals surface area contributed by atoms with E-state index in [2.05, 4.69) is 10.0 Å². The maximum atomic E-state index is 14.0. The van der Waals surface area contributed by atoms with E-state index in [1.54, 1.807) is 6.07 Å². The van der Waals surface area contributed by atoms with Gasteiger partial charge in [0.2, 0.25) is 11.8 Å². The van der Waals surface area contributed by atoms with Gasteiger partial charge in [0.05, 0.1) is 4.88 Å². The quantitative estimate of drug-likeness (QED) is 0.189. The van der Waals surface area contributed by atoms with Gasteiger partial charge >= 0.3 is 0 Å². The number of carbonyl (C=O) groups excluding carboxylic acids is 2. The van der Waals surface area contributed by atoms with Crippen LogP contribution in [0.3, 0.4) is 0 Å². The van der Waals surface area contributed by atoms with Gasteiger partial charge < -0.3 is 16.0 Å². The van der Waals surface area contributed by atoms with Crippen LogP contribution < -0.4 is 20.9 Å². The molecule has 4 rings (SSSR count). The molecule has 1 aromatic heterocycles. The van der Waals surface area contributed by atoms with Crippen molar-refractivity contribution in [2.75, 3.05) is 6.54 Å². The van der Waals surface area contributed by atoms with E-state index in [9.17, 15) is 18.0 Å². The van der Waals surface area contributed by atoms with Crippen LogP contribution in [-0.2, 0) is 26.3 Å². The minimum Gasteiger partial charge on any atom is -0.383 e. The molecule has 3 aromatic rings. The first-order valence-corrected chi connectivity index (χ1v) is 14.5. The number of thiophene rings is 1. The Morgan fingerprint density at radius 3 is 2.21 bits per heavy atom. The van der Waals surface area contributed by atoms with Crippen molar-refractivity contribution < 1.29 is 18.0 Å². The molecule has 2 aromatic carbocycles. The number of amidine groups is 1. The van der Waals surface area contributed by atoms with Gasteiger partial charge in [0, 0.05) is 19.0 Å². The SMILES string of the molecule is N=C(N)c1cc(CNC(=O)[C@@H]2CCCN2C(=O)[C@H](NS(N)(=O)=O)C(c2ccccc2)c2ccccc2)cs1. The Balaban J connectivity index is 1.61. The molecule has 10 nitrogen and oxygen atoms in total. The normalized spacial score (nSPS) is 16.4. The molecule has 1 saturated heterocycles. The number of amides is 2. The monoisotopic (exact) mass is 554 g/mol. The lowest BCUT2D eigenvalue weighted by molar-refractivity contribution is -0.140. The number of rotatable bonds is 10. The van der Waals surface area contributed by atoms with Gasteiger partial charge in [-0.3, -0.25) is 15.0 Å². The summed E-state index contributed by atoms with van der Waals surface area (Å²) in [5.41, 5.74) is 7.77. The number of carbonyl (C=O) groups is 2. The van der Waals surface area contributed by atoms with Crippen LogP contribution in [-0.4, -0.2) is 49.6 Å². The van der Waals surface area contributed by atoms with Crippen molar-refractivity contribution in [2.45, 2.75) is 37.4 Å². The predicted molar refractivity (Wildman–Crippen MR) is 147 cm³/mol. The molecule has 7 N–H and O–H groups in total. The lowest BCUT2D eigenvalue weighted by Gasteiger charge is -2.33. The fourth-order valence-electron chi connectivity index (χ4n) is 4.73. The molecular weight excluding hydrogens is 524 g/mol. The van der Waals surface area contributed by atoms with Gasteiger partial charge in [0.15, 0.2) is 0 Å². The lowest BCUT2D eigenvalue weighted by atomic mass is 9.84. The molecule has 200 valence electrons. The molecule has 2 heterocycles. The first kappa shape index (κ1) is 27.5. The van der Waals surface area contributed by atoms with Gasteiger partial charge in [-0.05, 0) is 41.0 Å². The molecule has 0 unspecified atom stereocenters. The zero-order valence-electron chi connectivity index (χ0n) is 20.5. The minimum absolute atomic E-state index is 0.0417. The second-order valence-corrected chi connectivity index (χ2v) is 11.3. The van der Waals surface area contributed by atoms with E-state index < -0.39 is 34.1 Å². The fourth-order valence-corrected chi connectivity index (χ4v) is 6.10. The van der Waals surface area contributed by atoms with Crippen molar-refractivity contribution >= 4 is 39.2 Å². The Bertz CT molecular complexity index is 1360. The summed E-state index contributed by atoms with van der Waals surface area (Å²) in [5, 5.41) is 17.6. The smallest absolute Gasteiger partial charge is 0.275 e. The molecule has 0 spiro atoms. The van der Waals surface area contributed by atoms with Crippen LogP contribution in [0.1, 0.15) is 40.3 Å². The second kappa shape index (κ2) is 11.9. The zero-order valence-corrected chi connectivity index (χ0v) is 22.2. The van der Waals surface area contributed by atoms with Gasteiger partial charge in [-0.1, -0.05) is 60.7 Å². The Kier molecular flexibility index (Phi) is 8.57. The largest absolute Gasteiger partial charge is 0.383 e. The van der Waals surface area contributed by atoms with E-state index in [0.717, 1.165) is 16.7 Å². The van der Waals surface area contributed by atoms with Crippen molar-refractivity contribution in [1.29, 1.82) is 5.41 Å². The summed E-state index contributed by atoms with van der Waals surface area (Å²) in [6.07, 6.45) is 1.05. The van der Waals surface area contributed by atoms with Crippen molar-refractivity contribution in [2.24, 2.45) is 10.9 Å². The molecule has 0 radical (unpaired) electrons. The fraction of sp³-hybridized carbons (Fsp3) is 0.269. The average molecular weight is 555 g/mol. The standard InChI is InChI=1S/C26H30N6O4S2/c27-24(28)21-14-17(16-37-21)15-30-25(33)20-12-7-13-32(20)26(34)23(31-38(29,35)36)22(18-8-3-1-4-9-18)19-10-5-2-6-11-19/h1-6,8-11,14,16,20,22-23,31H,7,12-13,15H2,(H3,27,28)(H,30,33)(H2,29,35,36)/t20-,23+/m0/s1. The average Bonchev–Trinajstić information content (AvgIpc) is 3.57. The van der Waals surface area contributed by atoms with E-state index in [1.165, 1.54) is 16.2 Å². The Morgan fingerprint density at radius 1 is 1.08 bits per heavy atom. The van der Waals surface area contributed by atoms with E-state index in [4.69, 9.17) is 16.3 Å². The molecular formula is C26H30N6O4S2. The molecule has 1 aliphatic rings. The van der Waals surface area contributed by atoms with Crippen LogP contribution in [0.15, 0.2) is 72.1 Å². The Morgan fingerprint density at radius 2 is 1.68 bits per heavy atom. The van der Waals surface area contributed by atoms with Crippen molar-refractivity contribution in [1.82, 2.24) is 14.9 Å². The zero-order chi connectivity index (χ0) is 27.3. The van der Waals surface area contributed by atoms with E-state index >= 15 is 0 Å². The first-order chi connectivity index (χ1) is 18.1. The molecule has 0 aliphatic carbocycles. The Hall–Kier alpha value is -3.58. The van der Waals surface area contributed by atoms with Crippen LogP contribution in [0.5, 0.6) is 0 Å². The van der Waals surface area contributed by atoms with Crippen LogP contribution in [0, 0.1) is 5.41 Å². The van der Waals surface area contributed by atoms with Gasteiger partial charge in [0.1, 0.15) is 17.9 Å². The molecule has 12 heteroatoms. The van der Waals surface area contributed by atoms with Crippen molar-refractivity contribution in [3.05, 3.63) is 93.7 Å². The third kappa shape index (κ3) is 6.64. The third-order valence-electron chi connectivity index (χ3n) is 6.43. The van der Waals surface area contributed by atoms with Crippen LogP contribution in [0.4, 0.5) is 0 Å². The van der Waals surface area contributed by atoms with Crippen molar-refractivity contribution in [3.8, 4) is 0 Å². The summed E-state index contributed by atoms with van der Waals surface area (Å²) >= 11 is 1.31. The summed E-state index contributed by atoms with van der Waals surface area (Å²) < 4.78 is 26.8. The highest BCUT2D eigenvalue weighted by Crippen LogP contribution is 2.31. The molecule has 1 fully saturated rings. The van der Waals surface area contributed by atoms with Crippen LogP contribution in [0.2, 0.25) is 0 Å². The Labute approximate surface area is 225 Å². The highest BCUT2D eigenvalue weighted by molar-refractivity contribution is 7.87. The maximum absolute atomic E-state index is 14.0. The van der Waals surface area contributed by atoms with E-state index in [-0.39, 0.29) is 18.3 Å². The summed E-state index contributed by atoms with van der Waals surface area (Å²) in [6, 6.07) is 18.0. The predicted octanol–water partition coefficient (Wildman–Crippen LogP) is 1.63.